The summed E-state index contributed by atoms with van der Waals surface area (Å²) >= 11 is 5.81. The van der Waals surface area contributed by atoms with Crippen molar-refractivity contribution >= 4 is 17.5 Å². The fourth-order valence-electron chi connectivity index (χ4n) is 3.14. The lowest BCUT2D eigenvalue weighted by molar-refractivity contribution is -0.131. The van der Waals surface area contributed by atoms with Gasteiger partial charge in [0.15, 0.2) is 0 Å². The number of alkyl halides is 1. The summed E-state index contributed by atoms with van der Waals surface area (Å²) in [6, 6.07) is 12.7. The van der Waals surface area contributed by atoms with Gasteiger partial charge < -0.3 is 9.47 Å². The number of hydrogen-bond acceptors (Lipinski definition) is 1. The van der Waals surface area contributed by atoms with Crippen molar-refractivity contribution in [3.8, 4) is 0 Å². The number of amides is 1. The Morgan fingerprint density at radius 3 is 2.59 bits per heavy atom. The summed E-state index contributed by atoms with van der Waals surface area (Å²) in [5, 5.41) is 0. The molecule has 2 aromatic rings. The SMILES string of the molecule is CC(C)c1ccc(C2c3cccn3CCN2C(=O)CCl)cc1. The number of carbonyl (C=O) groups is 1. The molecule has 1 unspecified atom stereocenters. The third-order valence-electron chi connectivity index (χ3n) is 4.39. The van der Waals surface area contributed by atoms with Crippen LogP contribution in [0.1, 0.15) is 42.6 Å². The molecule has 22 heavy (non-hydrogen) atoms. The van der Waals surface area contributed by atoms with Gasteiger partial charge in [-0.1, -0.05) is 38.1 Å². The Hall–Kier alpha value is -1.74. The molecule has 4 heteroatoms. The molecule has 1 amide bonds. The number of benzene rings is 1. The summed E-state index contributed by atoms with van der Waals surface area (Å²) in [6.45, 7) is 5.89. The van der Waals surface area contributed by atoms with E-state index in [0.717, 1.165) is 17.8 Å². The summed E-state index contributed by atoms with van der Waals surface area (Å²) in [4.78, 5) is 14.1. The van der Waals surface area contributed by atoms with E-state index in [0.29, 0.717) is 12.5 Å². The number of aromatic nitrogens is 1. The van der Waals surface area contributed by atoms with Crippen LogP contribution in [0.3, 0.4) is 0 Å². The molecule has 0 aliphatic carbocycles. The molecule has 0 saturated carbocycles. The van der Waals surface area contributed by atoms with Gasteiger partial charge in [0.05, 0.1) is 6.04 Å². The van der Waals surface area contributed by atoms with Crippen molar-refractivity contribution < 1.29 is 4.79 Å². The van der Waals surface area contributed by atoms with Gasteiger partial charge >= 0.3 is 0 Å². The molecule has 0 spiro atoms. The second-order valence-corrected chi connectivity index (χ2v) is 6.34. The second-order valence-electron chi connectivity index (χ2n) is 6.07. The zero-order valence-corrected chi connectivity index (χ0v) is 13.8. The van der Waals surface area contributed by atoms with Crippen molar-refractivity contribution in [3.63, 3.8) is 0 Å². The Balaban J connectivity index is 2.01. The Kier molecular flexibility index (Phi) is 4.25. The van der Waals surface area contributed by atoms with E-state index in [9.17, 15) is 4.79 Å². The van der Waals surface area contributed by atoms with E-state index in [-0.39, 0.29) is 17.8 Å². The Labute approximate surface area is 136 Å². The van der Waals surface area contributed by atoms with Crippen molar-refractivity contribution in [2.75, 3.05) is 12.4 Å². The van der Waals surface area contributed by atoms with Crippen LogP contribution in [0.15, 0.2) is 42.6 Å². The Morgan fingerprint density at radius 1 is 1.23 bits per heavy atom. The summed E-state index contributed by atoms with van der Waals surface area (Å²) in [6.07, 6.45) is 2.08. The fraction of sp³-hybridized carbons (Fsp3) is 0.389. The van der Waals surface area contributed by atoms with Gasteiger partial charge in [0.2, 0.25) is 5.91 Å². The zero-order valence-electron chi connectivity index (χ0n) is 13.0. The highest BCUT2D eigenvalue weighted by molar-refractivity contribution is 6.27. The van der Waals surface area contributed by atoms with E-state index in [2.05, 4.69) is 54.9 Å². The summed E-state index contributed by atoms with van der Waals surface area (Å²) in [5.74, 6) is 0.526. The van der Waals surface area contributed by atoms with Crippen molar-refractivity contribution in [1.82, 2.24) is 9.47 Å². The molecule has 2 heterocycles. The molecule has 0 N–H and O–H groups in total. The van der Waals surface area contributed by atoms with Crippen LogP contribution in [-0.4, -0.2) is 27.8 Å². The molecular formula is C18H21ClN2O. The molecule has 1 atom stereocenters. The van der Waals surface area contributed by atoms with E-state index >= 15 is 0 Å². The van der Waals surface area contributed by atoms with Gasteiger partial charge in [-0.15, -0.1) is 11.6 Å². The standard InChI is InChI=1S/C18H21ClN2O/c1-13(2)14-5-7-15(8-6-14)18-16-4-3-9-20(16)10-11-21(18)17(22)12-19/h3-9,13,18H,10-12H2,1-2H3. The van der Waals surface area contributed by atoms with Crippen molar-refractivity contribution in [1.29, 1.82) is 0 Å². The van der Waals surface area contributed by atoms with Crippen molar-refractivity contribution in [2.24, 2.45) is 0 Å². The lowest BCUT2D eigenvalue weighted by Crippen LogP contribution is -2.43. The highest BCUT2D eigenvalue weighted by Gasteiger charge is 2.31. The summed E-state index contributed by atoms with van der Waals surface area (Å²) < 4.78 is 2.22. The minimum atomic E-state index is -0.0452. The summed E-state index contributed by atoms with van der Waals surface area (Å²) in [5.41, 5.74) is 3.61. The van der Waals surface area contributed by atoms with Gasteiger partial charge in [-0.25, -0.2) is 0 Å². The minimum absolute atomic E-state index is 0.00736. The first-order chi connectivity index (χ1) is 10.6. The highest BCUT2D eigenvalue weighted by Crippen LogP contribution is 2.33. The predicted molar refractivity (Wildman–Crippen MR) is 89.2 cm³/mol. The molecule has 1 aromatic carbocycles. The lowest BCUT2D eigenvalue weighted by atomic mass is 9.96. The zero-order chi connectivity index (χ0) is 15.7. The van der Waals surface area contributed by atoms with Crippen LogP contribution < -0.4 is 0 Å². The third-order valence-corrected chi connectivity index (χ3v) is 4.62. The van der Waals surface area contributed by atoms with Crippen molar-refractivity contribution in [3.05, 3.63) is 59.4 Å². The molecule has 0 saturated heterocycles. The molecule has 1 aliphatic heterocycles. The van der Waals surface area contributed by atoms with E-state index in [1.54, 1.807) is 0 Å². The lowest BCUT2D eigenvalue weighted by Gasteiger charge is -2.37. The molecule has 0 fully saturated rings. The largest absolute Gasteiger partial charge is 0.348 e. The molecule has 1 aromatic heterocycles. The minimum Gasteiger partial charge on any atom is -0.348 e. The molecule has 0 bridgehead atoms. The maximum absolute atomic E-state index is 12.2. The normalized spacial score (nSPS) is 17.6. The number of hydrogen-bond donors (Lipinski definition) is 0. The molecule has 3 rings (SSSR count). The Bertz CT molecular complexity index is 660. The van der Waals surface area contributed by atoms with E-state index < -0.39 is 0 Å². The molecular weight excluding hydrogens is 296 g/mol. The molecule has 1 aliphatic rings. The third kappa shape index (κ3) is 2.66. The van der Waals surface area contributed by atoms with Gasteiger partial charge in [0, 0.05) is 25.0 Å². The fourth-order valence-corrected chi connectivity index (χ4v) is 3.30. The maximum Gasteiger partial charge on any atom is 0.238 e. The first kappa shape index (κ1) is 15.2. The highest BCUT2D eigenvalue weighted by atomic mass is 35.5. The average Bonchev–Trinajstić information content (AvgIpc) is 3.01. The first-order valence-corrected chi connectivity index (χ1v) is 8.25. The smallest absolute Gasteiger partial charge is 0.238 e. The Morgan fingerprint density at radius 2 is 1.95 bits per heavy atom. The monoisotopic (exact) mass is 316 g/mol. The van der Waals surface area contributed by atoms with Crippen LogP contribution in [0, 0.1) is 0 Å². The number of carbonyl (C=O) groups excluding carboxylic acids is 1. The van der Waals surface area contributed by atoms with Gasteiger partial charge in [-0.2, -0.15) is 0 Å². The molecule has 3 nitrogen and oxygen atoms in total. The van der Waals surface area contributed by atoms with Crippen LogP contribution in [0.25, 0.3) is 0 Å². The van der Waals surface area contributed by atoms with Crippen LogP contribution in [0.4, 0.5) is 0 Å². The van der Waals surface area contributed by atoms with Gasteiger partial charge in [-0.3, -0.25) is 4.79 Å². The molecule has 0 radical (unpaired) electrons. The maximum atomic E-state index is 12.2. The quantitative estimate of drug-likeness (QED) is 0.791. The van der Waals surface area contributed by atoms with E-state index in [1.165, 1.54) is 5.56 Å². The summed E-state index contributed by atoms with van der Waals surface area (Å²) in [7, 11) is 0. The van der Waals surface area contributed by atoms with Gasteiger partial charge in [-0.05, 0) is 29.2 Å². The number of rotatable bonds is 3. The van der Waals surface area contributed by atoms with Crippen LogP contribution in [0.5, 0.6) is 0 Å². The van der Waals surface area contributed by atoms with E-state index in [4.69, 9.17) is 11.6 Å². The average molecular weight is 317 g/mol. The topological polar surface area (TPSA) is 25.2 Å². The van der Waals surface area contributed by atoms with Crippen LogP contribution >= 0.6 is 11.6 Å². The number of halogens is 1. The number of fused-ring (bicyclic) bond motifs is 1. The predicted octanol–water partition coefficient (Wildman–Crippen LogP) is 3.78. The van der Waals surface area contributed by atoms with Gasteiger partial charge in [0.1, 0.15) is 5.88 Å². The van der Waals surface area contributed by atoms with E-state index in [1.807, 2.05) is 11.0 Å². The van der Waals surface area contributed by atoms with Crippen LogP contribution in [-0.2, 0) is 11.3 Å². The molecule has 116 valence electrons. The number of nitrogens with zero attached hydrogens (tertiary/aromatic N) is 2. The van der Waals surface area contributed by atoms with Crippen LogP contribution in [0.2, 0.25) is 0 Å². The second kappa shape index (κ2) is 6.17. The van der Waals surface area contributed by atoms with Gasteiger partial charge in [0.25, 0.3) is 0 Å². The first-order valence-electron chi connectivity index (χ1n) is 7.72. The van der Waals surface area contributed by atoms with Crippen molar-refractivity contribution in [2.45, 2.75) is 32.4 Å².